The van der Waals surface area contributed by atoms with Gasteiger partial charge in [0.25, 0.3) is 0 Å². The molecule has 0 spiro atoms. The number of hydrogen-bond acceptors (Lipinski definition) is 2. The van der Waals surface area contributed by atoms with E-state index in [1.807, 2.05) is 0 Å². The van der Waals surface area contributed by atoms with Gasteiger partial charge in [0, 0.05) is 23.8 Å². The van der Waals surface area contributed by atoms with Crippen molar-refractivity contribution in [2.45, 2.75) is 6.18 Å². The van der Waals surface area contributed by atoms with Gasteiger partial charge in [-0.3, -0.25) is 4.79 Å². The molecule has 17 heavy (non-hydrogen) atoms. The fourth-order valence-electron chi connectivity index (χ4n) is 1.27. The Morgan fingerprint density at radius 1 is 1.41 bits per heavy atom. The predicted octanol–water partition coefficient (Wildman–Crippen LogP) is 2.19. The van der Waals surface area contributed by atoms with Crippen molar-refractivity contribution in [2.75, 3.05) is 18.0 Å². The van der Waals surface area contributed by atoms with Crippen molar-refractivity contribution in [3.05, 3.63) is 29.3 Å². The molecule has 3 nitrogen and oxygen atoms in total. The van der Waals surface area contributed by atoms with Gasteiger partial charge >= 0.3 is 12.1 Å². The van der Waals surface area contributed by atoms with E-state index in [4.69, 9.17) is 17.3 Å². The zero-order valence-electron chi connectivity index (χ0n) is 8.67. The molecule has 2 N–H and O–H groups in total. The largest absolute Gasteiger partial charge is 0.471 e. The van der Waals surface area contributed by atoms with Crippen molar-refractivity contribution in [3.63, 3.8) is 0 Å². The molecule has 0 radical (unpaired) electrons. The molecular formula is C10H10ClF3N2O. The van der Waals surface area contributed by atoms with E-state index >= 15 is 0 Å². The Bertz CT molecular complexity index is 409. The number of rotatable bonds is 3. The fourth-order valence-corrected chi connectivity index (χ4v) is 1.46. The van der Waals surface area contributed by atoms with Crippen LogP contribution in [0.2, 0.25) is 5.02 Å². The predicted molar refractivity (Wildman–Crippen MR) is 58.9 cm³/mol. The number of anilines is 1. The Labute approximate surface area is 101 Å². The van der Waals surface area contributed by atoms with Gasteiger partial charge < -0.3 is 10.6 Å². The van der Waals surface area contributed by atoms with Crippen LogP contribution < -0.4 is 10.6 Å². The highest BCUT2D eigenvalue weighted by Crippen LogP contribution is 2.25. The number of hydrogen-bond donors (Lipinski definition) is 1. The number of halogens is 4. The minimum absolute atomic E-state index is 0.0743. The molecule has 1 rings (SSSR count). The lowest BCUT2D eigenvalue weighted by Crippen LogP contribution is -2.43. The molecule has 1 amide bonds. The molecular weight excluding hydrogens is 257 g/mol. The Morgan fingerprint density at radius 2 is 2.06 bits per heavy atom. The van der Waals surface area contributed by atoms with Crippen molar-refractivity contribution < 1.29 is 18.0 Å². The summed E-state index contributed by atoms with van der Waals surface area (Å²) in [6.07, 6.45) is -4.93. The van der Waals surface area contributed by atoms with Crippen molar-refractivity contribution in [2.24, 2.45) is 5.73 Å². The third kappa shape index (κ3) is 3.61. The SMILES string of the molecule is NCCN(C(=O)C(F)(F)F)c1cccc(Cl)c1. The van der Waals surface area contributed by atoms with Gasteiger partial charge in [-0.15, -0.1) is 0 Å². The summed E-state index contributed by atoms with van der Waals surface area (Å²) in [5.41, 5.74) is 5.27. The van der Waals surface area contributed by atoms with Crippen LogP contribution in [-0.4, -0.2) is 25.2 Å². The van der Waals surface area contributed by atoms with Gasteiger partial charge in [-0.05, 0) is 18.2 Å². The van der Waals surface area contributed by atoms with E-state index in [0.717, 1.165) is 0 Å². The van der Waals surface area contributed by atoms with Gasteiger partial charge in [0.2, 0.25) is 0 Å². The molecule has 0 heterocycles. The summed E-state index contributed by atoms with van der Waals surface area (Å²) in [5, 5.41) is 0.250. The lowest BCUT2D eigenvalue weighted by Gasteiger charge is -2.23. The monoisotopic (exact) mass is 266 g/mol. The van der Waals surface area contributed by atoms with Crippen LogP contribution in [0, 0.1) is 0 Å². The van der Waals surface area contributed by atoms with Gasteiger partial charge in [0.05, 0.1) is 0 Å². The van der Waals surface area contributed by atoms with Crippen LogP contribution in [0.3, 0.4) is 0 Å². The highest BCUT2D eigenvalue weighted by Gasteiger charge is 2.42. The molecule has 0 bridgehead atoms. The summed E-state index contributed by atoms with van der Waals surface area (Å²) >= 11 is 5.66. The molecule has 0 unspecified atom stereocenters. The molecule has 94 valence electrons. The van der Waals surface area contributed by atoms with E-state index in [9.17, 15) is 18.0 Å². The Kier molecular flexibility index (Phi) is 4.36. The number of benzene rings is 1. The molecule has 0 aliphatic carbocycles. The van der Waals surface area contributed by atoms with Crippen LogP contribution in [0.25, 0.3) is 0 Å². The summed E-state index contributed by atoms with van der Waals surface area (Å²) in [6, 6.07) is 5.61. The summed E-state index contributed by atoms with van der Waals surface area (Å²) in [5.74, 6) is -1.95. The number of carbonyl (C=O) groups excluding carboxylic acids is 1. The molecule has 0 atom stereocenters. The highest BCUT2D eigenvalue weighted by atomic mass is 35.5. The second-order valence-electron chi connectivity index (χ2n) is 3.22. The lowest BCUT2D eigenvalue weighted by molar-refractivity contribution is -0.170. The fraction of sp³-hybridized carbons (Fsp3) is 0.300. The molecule has 0 aromatic heterocycles. The summed E-state index contributed by atoms with van der Waals surface area (Å²) in [7, 11) is 0. The number of nitrogens with two attached hydrogens (primary N) is 1. The normalized spacial score (nSPS) is 11.4. The van der Waals surface area contributed by atoms with Gasteiger partial charge in [-0.25, -0.2) is 0 Å². The number of amides is 1. The maximum absolute atomic E-state index is 12.3. The molecule has 1 aromatic carbocycles. The van der Waals surface area contributed by atoms with Crippen molar-refractivity contribution in [1.82, 2.24) is 0 Å². The third-order valence-electron chi connectivity index (χ3n) is 1.96. The zero-order valence-corrected chi connectivity index (χ0v) is 9.42. The van der Waals surface area contributed by atoms with Crippen LogP contribution in [-0.2, 0) is 4.79 Å². The molecule has 0 aliphatic rings. The average Bonchev–Trinajstić information content (AvgIpc) is 2.23. The van der Waals surface area contributed by atoms with Gasteiger partial charge in [0.15, 0.2) is 0 Å². The number of carbonyl (C=O) groups is 1. The molecule has 0 fully saturated rings. The minimum atomic E-state index is -4.93. The van der Waals surface area contributed by atoms with E-state index in [0.29, 0.717) is 4.90 Å². The molecule has 1 aromatic rings. The first-order valence-corrected chi connectivity index (χ1v) is 5.08. The van der Waals surface area contributed by atoms with Gasteiger partial charge in [-0.1, -0.05) is 17.7 Å². The van der Waals surface area contributed by atoms with E-state index < -0.39 is 12.1 Å². The van der Waals surface area contributed by atoms with Gasteiger partial charge in [-0.2, -0.15) is 13.2 Å². The Balaban J connectivity index is 3.05. The summed E-state index contributed by atoms with van der Waals surface area (Å²) in [4.78, 5) is 11.7. The maximum Gasteiger partial charge on any atom is 0.471 e. The minimum Gasteiger partial charge on any atom is -0.329 e. The molecule has 0 aliphatic heterocycles. The Hall–Kier alpha value is -1.27. The Morgan fingerprint density at radius 3 is 2.53 bits per heavy atom. The molecule has 7 heteroatoms. The first kappa shape index (κ1) is 13.8. The zero-order chi connectivity index (χ0) is 13.1. The van der Waals surface area contributed by atoms with Crippen LogP contribution in [0.15, 0.2) is 24.3 Å². The smallest absolute Gasteiger partial charge is 0.329 e. The van der Waals surface area contributed by atoms with Crippen molar-refractivity contribution >= 4 is 23.2 Å². The quantitative estimate of drug-likeness (QED) is 0.912. The van der Waals surface area contributed by atoms with E-state index in [2.05, 4.69) is 0 Å². The van der Waals surface area contributed by atoms with E-state index in [1.54, 1.807) is 0 Å². The van der Waals surface area contributed by atoms with Crippen LogP contribution in [0.1, 0.15) is 0 Å². The van der Waals surface area contributed by atoms with E-state index in [1.165, 1.54) is 24.3 Å². The second-order valence-corrected chi connectivity index (χ2v) is 3.66. The number of alkyl halides is 3. The summed E-state index contributed by atoms with van der Waals surface area (Å²) < 4.78 is 37.0. The van der Waals surface area contributed by atoms with E-state index in [-0.39, 0.29) is 23.8 Å². The number of nitrogens with zero attached hydrogens (tertiary/aromatic N) is 1. The third-order valence-corrected chi connectivity index (χ3v) is 2.20. The van der Waals surface area contributed by atoms with Crippen molar-refractivity contribution in [3.8, 4) is 0 Å². The van der Waals surface area contributed by atoms with Crippen molar-refractivity contribution in [1.29, 1.82) is 0 Å². The van der Waals surface area contributed by atoms with Crippen LogP contribution in [0.5, 0.6) is 0 Å². The first-order chi connectivity index (χ1) is 7.86. The lowest BCUT2D eigenvalue weighted by atomic mass is 10.2. The topological polar surface area (TPSA) is 46.3 Å². The second kappa shape index (κ2) is 5.37. The average molecular weight is 267 g/mol. The van der Waals surface area contributed by atoms with Crippen LogP contribution >= 0.6 is 11.6 Å². The van der Waals surface area contributed by atoms with Gasteiger partial charge in [0.1, 0.15) is 0 Å². The molecule has 0 saturated carbocycles. The first-order valence-electron chi connectivity index (χ1n) is 4.70. The maximum atomic E-state index is 12.3. The highest BCUT2D eigenvalue weighted by molar-refractivity contribution is 6.30. The molecule has 0 saturated heterocycles. The van der Waals surface area contributed by atoms with Crippen LogP contribution in [0.4, 0.5) is 18.9 Å². The standard InChI is InChI=1S/C10H10ClF3N2O/c11-7-2-1-3-8(6-7)16(5-4-15)9(17)10(12,13)14/h1-3,6H,4-5,15H2. The summed E-state index contributed by atoms with van der Waals surface area (Å²) in [6.45, 7) is -0.299.